The van der Waals surface area contributed by atoms with Crippen molar-refractivity contribution in [1.29, 1.82) is 0 Å². The molecule has 1 aliphatic carbocycles. The molecule has 1 saturated carbocycles. The van der Waals surface area contributed by atoms with Gasteiger partial charge in [0.25, 0.3) is 0 Å². The molecule has 188 valence electrons. The Morgan fingerprint density at radius 2 is 1.86 bits per heavy atom. The molecule has 2 atom stereocenters. The molecule has 0 N–H and O–H groups in total. The van der Waals surface area contributed by atoms with E-state index in [0.29, 0.717) is 24.0 Å². The van der Waals surface area contributed by atoms with Crippen LogP contribution in [0.4, 0.5) is 0 Å². The van der Waals surface area contributed by atoms with Crippen molar-refractivity contribution in [2.75, 3.05) is 52.6 Å². The SMILES string of the molecule is CC(Cc1ccc2c(c1)OCO2)CN1CCC2(CC1)CC2C(=O)N1CCN(Cc2cccs2)CC1. The Morgan fingerprint density at radius 3 is 2.63 bits per heavy atom. The second-order valence-corrected chi connectivity index (χ2v) is 12.1. The van der Waals surface area contributed by atoms with Gasteiger partial charge in [-0.1, -0.05) is 19.1 Å². The molecule has 0 radical (unpaired) electrons. The highest BCUT2D eigenvalue weighted by atomic mass is 32.1. The number of amides is 1. The Morgan fingerprint density at radius 1 is 1.06 bits per heavy atom. The average Bonchev–Trinajstić information content (AvgIpc) is 3.20. The van der Waals surface area contributed by atoms with E-state index in [2.05, 4.69) is 51.3 Å². The summed E-state index contributed by atoms with van der Waals surface area (Å²) in [6, 6.07) is 10.7. The van der Waals surface area contributed by atoms with Crippen LogP contribution in [0.15, 0.2) is 35.7 Å². The molecule has 2 aromatic rings. The zero-order chi connectivity index (χ0) is 23.8. The smallest absolute Gasteiger partial charge is 0.231 e. The number of hydrogen-bond acceptors (Lipinski definition) is 6. The molecule has 1 spiro atoms. The minimum absolute atomic E-state index is 0.277. The first-order valence-corrected chi connectivity index (χ1v) is 14.1. The lowest BCUT2D eigenvalue weighted by Crippen LogP contribution is -2.49. The van der Waals surface area contributed by atoms with E-state index < -0.39 is 0 Å². The van der Waals surface area contributed by atoms with Crippen molar-refractivity contribution in [3.63, 3.8) is 0 Å². The maximum absolute atomic E-state index is 13.3. The van der Waals surface area contributed by atoms with Crippen LogP contribution < -0.4 is 9.47 Å². The van der Waals surface area contributed by atoms with Crippen LogP contribution >= 0.6 is 11.3 Å². The topological polar surface area (TPSA) is 45.3 Å². The molecule has 1 aromatic carbocycles. The monoisotopic (exact) mass is 495 g/mol. The Labute approximate surface area is 212 Å². The summed E-state index contributed by atoms with van der Waals surface area (Å²) < 4.78 is 11.0. The molecule has 3 fully saturated rings. The van der Waals surface area contributed by atoms with Gasteiger partial charge in [-0.25, -0.2) is 0 Å². The molecular weight excluding hydrogens is 458 g/mol. The number of thiophene rings is 1. The molecule has 2 saturated heterocycles. The Hall–Kier alpha value is -2.09. The maximum Gasteiger partial charge on any atom is 0.231 e. The zero-order valence-corrected chi connectivity index (χ0v) is 21.6. The fourth-order valence-corrected chi connectivity index (χ4v) is 7.12. The van der Waals surface area contributed by atoms with Crippen LogP contribution in [0.3, 0.4) is 0 Å². The number of rotatable bonds is 7. The van der Waals surface area contributed by atoms with Gasteiger partial charge in [-0.05, 0) is 79.2 Å². The quantitative estimate of drug-likeness (QED) is 0.579. The second kappa shape index (κ2) is 9.75. The summed E-state index contributed by atoms with van der Waals surface area (Å²) in [6.45, 7) is 10.9. The molecular formula is C28H37N3O3S. The Balaban J connectivity index is 0.934. The molecule has 6 rings (SSSR count). The number of carbonyl (C=O) groups excluding carboxylic acids is 1. The molecule has 3 aliphatic heterocycles. The molecule has 1 aromatic heterocycles. The molecule has 4 heterocycles. The first-order valence-electron chi connectivity index (χ1n) is 13.2. The van der Waals surface area contributed by atoms with Crippen LogP contribution in [0.2, 0.25) is 0 Å². The van der Waals surface area contributed by atoms with Crippen molar-refractivity contribution >= 4 is 17.2 Å². The van der Waals surface area contributed by atoms with Crippen LogP contribution in [0.5, 0.6) is 11.5 Å². The second-order valence-electron chi connectivity index (χ2n) is 11.1. The minimum atomic E-state index is 0.277. The maximum atomic E-state index is 13.3. The summed E-state index contributed by atoms with van der Waals surface area (Å²) in [6.07, 6.45) is 4.52. The van der Waals surface area contributed by atoms with Gasteiger partial charge < -0.3 is 19.3 Å². The van der Waals surface area contributed by atoms with Gasteiger partial charge in [0, 0.05) is 50.1 Å². The number of piperazine rings is 1. The molecule has 0 bridgehead atoms. The minimum Gasteiger partial charge on any atom is -0.454 e. The van der Waals surface area contributed by atoms with Gasteiger partial charge in [0.2, 0.25) is 12.7 Å². The average molecular weight is 496 g/mol. The van der Waals surface area contributed by atoms with E-state index in [0.717, 1.165) is 76.7 Å². The van der Waals surface area contributed by atoms with Gasteiger partial charge >= 0.3 is 0 Å². The van der Waals surface area contributed by atoms with Crippen LogP contribution in [-0.4, -0.2) is 73.2 Å². The fraction of sp³-hybridized carbons (Fsp3) is 0.607. The van der Waals surface area contributed by atoms with Crippen molar-refractivity contribution in [3.8, 4) is 11.5 Å². The van der Waals surface area contributed by atoms with E-state index in [4.69, 9.17) is 9.47 Å². The van der Waals surface area contributed by atoms with Gasteiger partial charge in [-0.2, -0.15) is 0 Å². The lowest BCUT2D eigenvalue weighted by molar-refractivity contribution is -0.135. The van der Waals surface area contributed by atoms with Crippen LogP contribution in [0.1, 0.15) is 36.6 Å². The highest BCUT2D eigenvalue weighted by Crippen LogP contribution is 2.60. The molecule has 4 aliphatic rings. The fourth-order valence-electron chi connectivity index (χ4n) is 6.38. The predicted molar refractivity (Wildman–Crippen MR) is 138 cm³/mol. The number of nitrogens with zero attached hydrogens (tertiary/aromatic N) is 3. The van der Waals surface area contributed by atoms with Crippen LogP contribution in [0, 0.1) is 17.3 Å². The first-order chi connectivity index (χ1) is 17.1. The van der Waals surface area contributed by atoms with Gasteiger partial charge in [-0.15, -0.1) is 11.3 Å². The van der Waals surface area contributed by atoms with E-state index in [1.807, 2.05) is 17.4 Å². The number of benzene rings is 1. The van der Waals surface area contributed by atoms with E-state index in [1.54, 1.807) is 0 Å². The van der Waals surface area contributed by atoms with Gasteiger partial charge in [-0.3, -0.25) is 9.69 Å². The van der Waals surface area contributed by atoms with Crippen LogP contribution in [-0.2, 0) is 17.8 Å². The van der Waals surface area contributed by atoms with Crippen molar-refractivity contribution in [1.82, 2.24) is 14.7 Å². The number of carbonyl (C=O) groups is 1. The summed E-state index contributed by atoms with van der Waals surface area (Å²) in [5.74, 6) is 3.04. The standard InChI is InChI=1S/C28H37N3O3S/c1-21(15-22-4-5-25-26(16-22)34-20-33-25)18-29-8-6-28(7-9-29)17-24(28)27(32)31-12-10-30(11-13-31)19-23-3-2-14-35-23/h2-5,14,16,21,24H,6-13,15,17-20H2,1H3. The Kier molecular flexibility index (Phi) is 6.50. The van der Waals surface area contributed by atoms with E-state index in [9.17, 15) is 4.79 Å². The summed E-state index contributed by atoms with van der Waals surface area (Å²) in [5, 5.41) is 2.15. The van der Waals surface area contributed by atoms with Crippen molar-refractivity contribution < 1.29 is 14.3 Å². The third kappa shape index (κ3) is 5.09. The lowest BCUT2D eigenvalue weighted by atomic mass is 9.89. The van der Waals surface area contributed by atoms with Crippen molar-refractivity contribution in [3.05, 3.63) is 46.2 Å². The first kappa shape index (κ1) is 23.3. The summed E-state index contributed by atoms with van der Waals surface area (Å²) in [7, 11) is 0. The van der Waals surface area contributed by atoms with Gasteiger partial charge in [0.15, 0.2) is 11.5 Å². The number of piperidine rings is 1. The van der Waals surface area contributed by atoms with Crippen molar-refractivity contribution in [2.24, 2.45) is 17.3 Å². The zero-order valence-electron chi connectivity index (χ0n) is 20.8. The molecule has 2 unspecified atom stereocenters. The third-order valence-electron chi connectivity index (χ3n) is 8.57. The number of hydrogen-bond donors (Lipinski definition) is 0. The number of likely N-dealkylation sites (tertiary alicyclic amines) is 1. The van der Waals surface area contributed by atoms with Gasteiger partial charge in [0.05, 0.1) is 0 Å². The normalized spacial score (nSPS) is 24.6. The highest BCUT2D eigenvalue weighted by molar-refractivity contribution is 7.09. The molecule has 1 amide bonds. The third-order valence-corrected chi connectivity index (χ3v) is 9.44. The number of ether oxygens (including phenoxy) is 2. The summed E-state index contributed by atoms with van der Waals surface area (Å²) in [4.78, 5) is 22.0. The van der Waals surface area contributed by atoms with E-state index >= 15 is 0 Å². The molecule has 6 nitrogen and oxygen atoms in total. The number of fused-ring (bicyclic) bond motifs is 1. The molecule has 7 heteroatoms. The van der Waals surface area contributed by atoms with Gasteiger partial charge in [0.1, 0.15) is 0 Å². The van der Waals surface area contributed by atoms with Crippen LogP contribution in [0.25, 0.3) is 0 Å². The molecule has 35 heavy (non-hydrogen) atoms. The van der Waals surface area contributed by atoms with Crippen molar-refractivity contribution in [2.45, 2.75) is 39.2 Å². The Bertz CT molecular complexity index is 1030. The highest BCUT2D eigenvalue weighted by Gasteiger charge is 2.59. The largest absolute Gasteiger partial charge is 0.454 e. The summed E-state index contributed by atoms with van der Waals surface area (Å²) in [5.41, 5.74) is 1.61. The summed E-state index contributed by atoms with van der Waals surface area (Å²) >= 11 is 1.83. The lowest BCUT2D eigenvalue weighted by Gasteiger charge is -2.37. The van der Waals surface area contributed by atoms with E-state index in [1.165, 1.54) is 23.3 Å². The van der Waals surface area contributed by atoms with E-state index in [-0.39, 0.29) is 5.92 Å². The predicted octanol–water partition coefficient (Wildman–Crippen LogP) is 4.10.